The third-order valence-corrected chi connectivity index (χ3v) is 11.1. The molecule has 4 bridgehead atoms. The summed E-state index contributed by atoms with van der Waals surface area (Å²) >= 11 is 1.77. The maximum Gasteiger partial charge on any atom is 0.303 e. The maximum atomic E-state index is 13.7. The van der Waals surface area contributed by atoms with Gasteiger partial charge in [0.05, 0.1) is 11.2 Å². The summed E-state index contributed by atoms with van der Waals surface area (Å²) in [5.74, 6) is 1.60. The molecule has 6 fully saturated rings. The van der Waals surface area contributed by atoms with E-state index in [9.17, 15) is 19.8 Å². The Hall–Kier alpha value is -1.80. The van der Waals surface area contributed by atoms with Crippen LogP contribution in [-0.4, -0.2) is 57.1 Å². The number of nitrogens with one attached hydrogen (secondary N) is 1. The number of nitrogens with zero attached hydrogens (tertiary/aromatic N) is 2. The van der Waals surface area contributed by atoms with E-state index < -0.39 is 11.6 Å². The van der Waals surface area contributed by atoms with Gasteiger partial charge in [0, 0.05) is 30.8 Å². The Kier molecular flexibility index (Phi) is 7.16. The fraction of sp³-hybridized carbons (Fsp3) is 0.759. The fourth-order valence-corrected chi connectivity index (χ4v) is 9.66. The van der Waals surface area contributed by atoms with Crippen LogP contribution in [0.5, 0.6) is 0 Å². The standard InChI is InChI=1S/C29H41N3O4S/c33-25(34)13-18-5-4-10-32(17-18)24-9-8-23(28(30-24)37-22-6-2-1-3-7-22)27(35)31-26-20-11-19-12-21(26)16-29(36,14-19)15-20/h8-9,18-22,26,36H,1-7,10-17H2,(H,31,35)(H,33,34). The molecule has 0 aromatic carbocycles. The molecule has 7 nitrogen and oxygen atoms in total. The minimum Gasteiger partial charge on any atom is -0.481 e. The minimum absolute atomic E-state index is 0.0239. The van der Waals surface area contributed by atoms with Gasteiger partial charge >= 0.3 is 5.97 Å². The third-order valence-electron chi connectivity index (χ3n) is 9.77. The number of carbonyl (C=O) groups is 2. The molecule has 2 heterocycles. The number of anilines is 1. The Morgan fingerprint density at radius 3 is 2.51 bits per heavy atom. The van der Waals surface area contributed by atoms with Gasteiger partial charge in [-0.15, -0.1) is 11.8 Å². The van der Waals surface area contributed by atoms with Crippen molar-refractivity contribution in [1.82, 2.24) is 10.3 Å². The van der Waals surface area contributed by atoms with E-state index in [2.05, 4.69) is 10.2 Å². The van der Waals surface area contributed by atoms with Gasteiger partial charge in [-0.2, -0.15) is 0 Å². The fourth-order valence-electron chi connectivity index (χ4n) is 8.34. The summed E-state index contributed by atoms with van der Waals surface area (Å²) < 4.78 is 0. The third kappa shape index (κ3) is 5.51. The molecule has 5 saturated carbocycles. The van der Waals surface area contributed by atoms with Crippen molar-refractivity contribution in [1.29, 1.82) is 0 Å². The monoisotopic (exact) mass is 527 g/mol. The number of aliphatic hydroxyl groups is 1. The van der Waals surface area contributed by atoms with E-state index in [4.69, 9.17) is 4.98 Å². The first-order valence-electron chi connectivity index (χ1n) is 14.5. The lowest BCUT2D eigenvalue weighted by Gasteiger charge is -2.58. The number of rotatable bonds is 7. The molecule has 5 aliphatic carbocycles. The quantitative estimate of drug-likeness (QED) is 0.465. The predicted molar refractivity (Wildman–Crippen MR) is 144 cm³/mol. The molecule has 1 aromatic heterocycles. The number of carboxylic acid groups (broad SMARTS) is 1. The van der Waals surface area contributed by atoms with Gasteiger partial charge in [-0.3, -0.25) is 9.59 Å². The summed E-state index contributed by atoms with van der Waals surface area (Å²) in [6.45, 7) is 1.57. The largest absolute Gasteiger partial charge is 0.481 e. The number of aromatic nitrogens is 1. The van der Waals surface area contributed by atoms with Crippen LogP contribution >= 0.6 is 11.8 Å². The van der Waals surface area contributed by atoms with E-state index in [1.807, 2.05) is 12.1 Å². The smallest absolute Gasteiger partial charge is 0.303 e. The molecule has 0 radical (unpaired) electrons. The van der Waals surface area contributed by atoms with E-state index in [0.29, 0.717) is 35.1 Å². The van der Waals surface area contributed by atoms with Gasteiger partial charge in [0.15, 0.2) is 0 Å². The molecule has 0 spiro atoms. The zero-order chi connectivity index (χ0) is 25.6. The van der Waals surface area contributed by atoms with Crippen molar-refractivity contribution < 1.29 is 19.8 Å². The van der Waals surface area contributed by atoms with Gasteiger partial charge in [-0.05, 0) is 93.6 Å². The molecule has 3 atom stereocenters. The van der Waals surface area contributed by atoms with Gasteiger partial charge in [0.1, 0.15) is 10.8 Å². The summed E-state index contributed by atoms with van der Waals surface area (Å²) in [5.41, 5.74) is 0.168. The molecule has 3 unspecified atom stereocenters. The van der Waals surface area contributed by atoms with Crippen molar-refractivity contribution in [2.24, 2.45) is 23.7 Å². The molecule has 8 heteroatoms. The van der Waals surface area contributed by atoms with Crippen LogP contribution in [0.25, 0.3) is 0 Å². The average molecular weight is 528 g/mol. The SMILES string of the molecule is O=C(O)CC1CCCN(c2ccc(C(=O)NC3C4CC5CC3CC(O)(C5)C4)c(SC3CCCCC3)n2)C1. The van der Waals surface area contributed by atoms with Crippen LogP contribution in [0.2, 0.25) is 0 Å². The molecule has 1 aromatic rings. The van der Waals surface area contributed by atoms with Crippen LogP contribution in [0.1, 0.15) is 93.8 Å². The van der Waals surface area contributed by atoms with Crippen LogP contribution in [0.15, 0.2) is 17.2 Å². The second kappa shape index (κ2) is 10.4. The van der Waals surface area contributed by atoms with Crippen LogP contribution in [0.3, 0.4) is 0 Å². The number of carbonyl (C=O) groups excluding carboxylic acids is 1. The lowest BCUT2D eigenvalue weighted by atomic mass is 9.52. The highest BCUT2D eigenvalue weighted by Gasteiger charge is 2.55. The topological polar surface area (TPSA) is 103 Å². The summed E-state index contributed by atoms with van der Waals surface area (Å²) in [4.78, 5) is 32.3. The molecule has 3 N–H and O–H groups in total. The number of carboxylic acids is 1. The van der Waals surface area contributed by atoms with Crippen LogP contribution in [0, 0.1) is 23.7 Å². The first kappa shape index (κ1) is 25.5. The number of hydrogen-bond acceptors (Lipinski definition) is 6. The highest BCUT2D eigenvalue weighted by atomic mass is 32.2. The van der Waals surface area contributed by atoms with Crippen molar-refractivity contribution in [2.45, 2.75) is 105 Å². The number of thioether (sulfide) groups is 1. The van der Waals surface area contributed by atoms with Gasteiger partial charge in [-0.25, -0.2) is 4.98 Å². The van der Waals surface area contributed by atoms with E-state index >= 15 is 0 Å². The molecule has 1 saturated heterocycles. The Balaban J connectivity index is 1.22. The van der Waals surface area contributed by atoms with Gasteiger partial charge in [0.2, 0.25) is 0 Å². The Morgan fingerprint density at radius 1 is 1.05 bits per heavy atom. The molecule has 6 aliphatic rings. The average Bonchev–Trinajstić information content (AvgIpc) is 2.85. The second-order valence-electron chi connectivity index (χ2n) is 12.6. The number of hydrogen-bond donors (Lipinski definition) is 3. The zero-order valence-electron chi connectivity index (χ0n) is 21.7. The summed E-state index contributed by atoms with van der Waals surface area (Å²) in [5, 5.41) is 25.0. The summed E-state index contributed by atoms with van der Waals surface area (Å²) in [6, 6.07) is 4.06. The van der Waals surface area contributed by atoms with Crippen LogP contribution < -0.4 is 10.2 Å². The van der Waals surface area contributed by atoms with E-state index in [-0.39, 0.29) is 24.3 Å². The summed E-state index contributed by atoms with van der Waals surface area (Å²) in [6.07, 6.45) is 13.0. The minimum atomic E-state index is -0.739. The number of amides is 1. The molecular formula is C29H41N3O4S. The lowest BCUT2D eigenvalue weighted by molar-refractivity contribution is -0.138. The first-order chi connectivity index (χ1) is 17.8. The summed E-state index contributed by atoms with van der Waals surface area (Å²) in [7, 11) is 0. The van der Waals surface area contributed by atoms with E-state index in [0.717, 1.165) is 75.2 Å². The highest BCUT2D eigenvalue weighted by molar-refractivity contribution is 7.99. The molecule has 1 amide bonds. The van der Waals surface area contributed by atoms with Crippen molar-refractivity contribution >= 4 is 29.5 Å². The van der Waals surface area contributed by atoms with Crippen LogP contribution in [-0.2, 0) is 4.79 Å². The Morgan fingerprint density at radius 2 is 1.81 bits per heavy atom. The zero-order valence-corrected chi connectivity index (χ0v) is 22.6. The van der Waals surface area contributed by atoms with E-state index in [1.54, 1.807) is 11.8 Å². The van der Waals surface area contributed by atoms with Crippen LogP contribution in [0.4, 0.5) is 5.82 Å². The van der Waals surface area contributed by atoms with Crippen molar-refractivity contribution in [3.05, 3.63) is 17.7 Å². The number of piperidine rings is 1. The Bertz CT molecular complexity index is 1010. The molecule has 7 rings (SSSR count). The van der Waals surface area contributed by atoms with Crippen molar-refractivity contribution in [3.63, 3.8) is 0 Å². The van der Waals surface area contributed by atoms with Gasteiger partial charge < -0.3 is 20.4 Å². The second-order valence-corrected chi connectivity index (χ2v) is 13.9. The van der Waals surface area contributed by atoms with Crippen molar-refractivity contribution in [2.75, 3.05) is 18.0 Å². The molecule has 37 heavy (non-hydrogen) atoms. The van der Waals surface area contributed by atoms with E-state index in [1.165, 1.54) is 19.3 Å². The van der Waals surface area contributed by atoms with Gasteiger partial charge in [-0.1, -0.05) is 19.3 Å². The first-order valence-corrected chi connectivity index (χ1v) is 15.4. The van der Waals surface area contributed by atoms with Crippen molar-refractivity contribution in [3.8, 4) is 0 Å². The predicted octanol–water partition coefficient (Wildman–Crippen LogP) is 4.87. The molecule has 1 aliphatic heterocycles. The number of aliphatic carboxylic acids is 1. The lowest BCUT2D eigenvalue weighted by Crippen LogP contribution is -2.61. The molecule has 202 valence electrons. The number of pyridine rings is 1. The molecular weight excluding hydrogens is 486 g/mol. The normalized spacial score (nSPS) is 35.5. The maximum absolute atomic E-state index is 13.7. The highest BCUT2D eigenvalue weighted by Crippen LogP contribution is 2.55. The Labute approximate surface area is 224 Å². The van der Waals surface area contributed by atoms with Gasteiger partial charge in [0.25, 0.3) is 5.91 Å².